The molecule has 0 amide bonds. The Bertz CT molecular complexity index is 1060. The largest absolute Gasteiger partial charge is 0.489 e. The number of ether oxygens (including phenoxy) is 1. The van der Waals surface area contributed by atoms with Crippen molar-refractivity contribution in [3.05, 3.63) is 90.0 Å². The normalized spacial score (nSPS) is 10.9. The van der Waals surface area contributed by atoms with Crippen molar-refractivity contribution in [2.45, 2.75) is 18.4 Å². The number of nitriles is 1. The average molecular weight is 392 g/mol. The Morgan fingerprint density at radius 1 is 0.929 bits per heavy atom. The number of anilines is 1. The summed E-state index contributed by atoms with van der Waals surface area (Å²) in [5.41, 5.74) is 2.15. The molecule has 142 valence electrons. The fourth-order valence-corrected chi connectivity index (χ4v) is 4.24. The van der Waals surface area contributed by atoms with Crippen LogP contribution in [-0.2, 0) is 16.6 Å². The van der Waals surface area contributed by atoms with Gasteiger partial charge in [0.05, 0.1) is 22.2 Å². The molecule has 6 heteroatoms. The molecule has 0 unspecified atom stereocenters. The number of benzene rings is 3. The molecule has 28 heavy (non-hydrogen) atoms. The van der Waals surface area contributed by atoms with Crippen molar-refractivity contribution in [3.63, 3.8) is 0 Å². The second-order valence-corrected chi connectivity index (χ2v) is 7.94. The number of hydrogen-bond acceptors (Lipinski definition) is 4. The summed E-state index contributed by atoms with van der Waals surface area (Å²) in [6, 6.07) is 24.6. The maximum Gasteiger partial charge on any atom is 0.264 e. The molecule has 0 heterocycles. The van der Waals surface area contributed by atoms with Crippen LogP contribution in [0.3, 0.4) is 0 Å². The van der Waals surface area contributed by atoms with Gasteiger partial charge in [0.15, 0.2) is 0 Å². The van der Waals surface area contributed by atoms with Crippen LogP contribution in [0.25, 0.3) is 0 Å². The van der Waals surface area contributed by atoms with E-state index in [1.54, 1.807) is 55.5 Å². The van der Waals surface area contributed by atoms with Gasteiger partial charge in [-0.05, 0) is 61.0 Å². The van der Waals surface area contributed by atoms with Gasteiger partial charge in [-0.3, -0.25) is 4.31 Å². The van der Waals surface area contributed by atoms with Gasteiger partial charge in [-0.1, -0.05) is 30.3 Å². The predicted octanol–water partition coefficient (Wildman–Crippen LogP) is 4.35. The SMILES string of the molecule is CCN(c1ccccc1)S(=O)(=O)c1ccc(OCc2ccc(C#N)cc2)cc1. The molecule has 3 aromatic rings. The summed E-state index contributed by atoms with van der Waals surface area (Å²) in [6.07, 6.45) is 0. The highest BCUT2D eigenvalue weighted by Gasteiger charge is 2.23. The van der Waals surface area contributed by atoms with Crippen LogP contribution in [0.2, 0.25) is 0 Å². The first-order valence-electron chi connectivity index (χ1n) is 8.84. The molecule has 0 saturated heterocycles. The average Bonchev–Trinajstić information content (AvgIpc) is 2.74. The predicted molar refractivity (Wildman–Crippen MR) is 109 cm³/mol. The smallest absolute Gasteiger partial charge is 0.264 e. The molecule has 0 aliphatic carbocycles. The summed E-state index contributed by atoms with van der Waals surface area (Å²) in [5.74, 6) is 0.575. The summed E-state index contributed by atoms with van der Waals surface area (Å²) >= 11 is 0. The summed E-state index contributed by atoms with van der Waals surface area (Å²) in [6.45, 7) is 2.48. The van der Waals surface area contributed by atoms with E-state index in [0.29, 0.717) is 30.2 Å². The minimum Gasteiger partial charge on any atom is -0.489 e. The molecule has 0 aliphatic rings. The first-order valence-corrected chi connectivity index (χ1v) is 10.3. The van der Waals surface area contributed by atoms with E-state index in [-0.39, 0.29) is 4.90 Å². The Morgan fingerprint density at radius 2 is 1.57 bits per heavy atom. The van der Waals surface area contributed by atoms with Gasteiger partial charge in [0.2, 0.25) is 0 Å². The highest BCUT2D eigenvalue weighted by atomic mass is 32.2. The third kappa shape index (κ3) is 4.33. The van der Waals surface area contributed by atoms with Gasteiger partial charge < -0.3 is 4.74 Å². The Morgan fingerprint density at radius 3 is 2.14 bits per heavy atom. The van der Waals surface area contributed by atoms with E-state index in [1.165, 1.54) is 4.31 Å². The molecule has 0 N–H and O–H groups in total. The molecule has 5 nitrogen and oxygen atoms in total. The highest BCUT2D eigenvalue weighted by molar-refractivity contribution is 7.92. The van der Waals surface area contributed by atoms with Crippen LogP contribution in [-0.4, -0.2) is 15.0 Å². The van der Waals surface area contributed by atoms with Crippen molar-refractivity contribution < 1.29 is 13.2 Å². The van der Waals surface area contributed by atoms with Crippen LogP contribution in [0.5, 0.6) is 5.75 Å². The van der Waals surface area contributed by atoms with E-state index >= 15 is 0 Å². The molecule has 0 aliphatic heterocycles. The van der Waals surface area contributed by atoms with Gasteiger partial charge in [0.25, 0.3) is 10.0 Å². The number of sulfonamides is 1. The molecule has 0 atom stereocenters. The lowest BCUT2D eigenvalue weighted by Crippen LogP contribution is -2.30. The van der Waals surface area contributed by atoms with Gasteiger partial charge in [-0.2, -0.15) is 5.26 Å². The molecule has 0 radical (unpaired) electrons. The van der Waals surface area contributed by atoms with Crippen LogP contribution < -0.4 is 9.04 Å². The van der Waals surface area contributed by atoms with Crippen molar-refractivity contribution in [1.82, 2.24) is 0 Å². The Labute approximate surface area is 165 Å². The van der Waals surface area contributed by atoms with Crippen LogP contribution in [0.1, 0.15) is 18.1 Å². The van der Waals surface area contributed by atoms with Crippen molar-refractivity contribution in [1.29, 1.82) is 5.26 Å². The quantitative estimate of drug-likeness (QED) is 0.599. The zero-order chi connectivity index (χ0) is 20.0. The summed E-state index contributed by atoms with van der Waals surface area (Å²) in [4.78, 5) is 0.212. The van der Waals surface area contributed by atoms with Gasteiger partial charge in [0, 0.05) is 6.54 Å². The van der Waals surface area contributed by atoms with E-state index < -0.39 is 10.0 Å². The molecule has 0 spiro atoms. The summed E-state index contributed by atoms with van der Waals surface area (Å²) < 4.78 is 33.0. The molecular formula is C22H20N2O3S. The third-order valence-corrected chi connectivity index (χ3v) is 6.15. The number of nitrogens with zero attached hydrogens (tertiary/aromatic N) is 2. The Balaban J connectivity index is 1.73. The topological polar surface area (TPSA) is 70.4 Å². The third-order valence-electron chi connectivity index (χ3n) is 4.23. The fourth-order valence-electron chi connectivity index (χ4n) is 2.76. The molecule has 3 rings (SSSR count). The highest BCUT2D eigenvalue weighted by Crippen LogP contribution is 2.25. The fraction of sp³-hybridized carbons (Fsp3) is 0.136. The summed E-state index contributed by atoms with van der Waals surface area (Å²) in [5, 5.41) is 8.82. The molecule has 0 aromatic heterocycles. The second-order valence-electron chi connectivity index (χ2n) is 6.07. The molecular weight excluding hydrogens is 372 g/mol. The van der Waals surface area contributed by atoms with E-state index in [9.17, 15) is 8.42 Å². The number of para-hydroxylation sites is 1. The molecule has 0 saturated carbocycles. The second kappa shape index (κ2) is 8.59. The lowest BCUT2D eigenvalue weighted by molar-refractivity contribution is 0.306. The van der Waals surface area contributed by atoms with E-state index in [2.05, 4.69) is 6.07 Å². The van der Waals surface area contributed by atoms with Crippen molar-refractivity contribution >= 4 is 15.7 Å². The lowest BCUT2D eigenvalue weighted by atomic mass is 10.2. The minimum absolute atomic E-state index is 0.212. The zero-order valence-electron chi connectivity index (χ0n) is 15.4. The van der Waals surface area contributed by atoms with E-state index in [1.807, 2.05) is 30.3 Å². The van der Waals surface area contributed by atoms with Crippen LogP contribution in [0, 0.1) is 11.3 Å². The molecule has 0 bridgehead atoms. The number of rotatable bonds is 7. The van der Waals surface area contributed by atoms with E-state index in [0.717, 1.165) is 5.56 Å². The van der Waals surface area contributed by atoms with Crippen molar-refractivity contribution in [2.24, 2.45) is 0 Å². The van der Waals surface area contributed by atoms with Gasteiger partial charge in [0.1, 0.15) is 12.4 Å². The minimum atomic E-state index is -3.65. The number of hydrogen-bond donors (Lipinski definition) is 0. The maximum absolute atomic E-state index is 13.0. The van der Waals surface area contributed by atoms with Crippen LogP contribution in [0.15, 0.2) is 83.8 Å². The van der Waals surface area contributed by atoms with Crippen LogP contribution in [0.4, 0.5) is 5.69 Å². The van der Waals surface area contributed by atoms with Crippen molar-refractivity contribution in [3.8, 4) is 11.8 Å². The van der Waals surface area contributed by atoms with Crippen LogP contribution >= 0.6 is 0 Å². The Hall–Kier alpha value is -3.30. The standard InChI is InChI=1S/C22H20N2O3S/c1-2-24(20-6-4-3-5-7-20)28(25,26)22-14-12-21(13-15-22)27-17-19-10-8-18(16-23)9-11-19/h3-15H,2,17H2,1H3. The monoisotopic (exact) mass is 392 g/mol. The first kappa shape index (κ1) is 19.5. The first-order chi connectivity index (χ1) is 13.5. The van der Waals surface area contributed by atoms with Crippen molar-refractivity contribution in [2.75, 3.05) is 10.8 Å². The lowest BCUT2D eigenvalue weighted by Gasteiger charge is -2.23. The van der Waals surface area contributed by atoms with Gasteiger partial charge in [-0.25, -0.2) is 8.42 Å². The Kier molecular flexibility index (Phi) is 5.97. The zero-order valence-corrected chi connectivity index (χ0v) is 16.3. The maximum atomic E-state index is 13.0. The summed E-state index contributed by atoms with van der Waals surface area (Å²) in [7, 11) is -3.65. The van der Waals surface area contributed by atoms with Gasteiger partial charge >= 0.3 is 0 Å². The molecule has 0 fully saturated rings. The van der Waals surface area contributed by atoms with E-state index in [4.69, 9.17) is 10.00 Å². The van der Waals surface area contributed by atoms with Gasteiger partial charge in [-0.15, -0.1) is 0 Å². The molecule has 3 aromatic carbocycles.